The van der Waals surface area contributed by atoms with Crippen molar-refractivity contribution in [1.29, 1.82) is 0 Å². The molecule has 35 heavy (non-hydrogen) atoms. The van der Waals surface area contributed by atoms with Gasteiger partial charge in [0.05, 0.1) is 4.34 Å². The fourth-order valence-corrected chi connectivity index (χ4v) is 7.88. The Balaban J connectivity index is 1.28. The van der Waals surface area contributed by atoms with Crippen LogP contribution in [0.25, 0.3) is 6.08 Å². The summed E-state index contributed by atoms with van der Waals surface area (Å²) in [6.07, 6.45) is 6.26. The molecule has 2 aliphatic rings. The minimum atomic E-state index is -3.64. The van der Waals surface area contributed by atoms with Crippen molar-refractivity contribution in [2.45, 2.75) is 35.9 Å². The van der Waals surface area contributed by atoms with E-state index in [1.54, 1.807) is 30.3 Å². The predicted molar refractivity (Wildman–Crippen MR) is 135 cm³/mol. The summed E-state index contributed by atoms with van der Waals surface area (Å²) in [7, 11) is -3.64. The van der Waals surface area contributed by atoms with Gasteiger partial charge < -0.3 is 4.74 Å². The Labute approximate surface area is 212 Å². The maximum atomic E-state index is 13.0. The number of halogens is 2. The molecular weight excluding hydrogens is 509 g/mol. The molecule has 5 rings (SSSR count). The van der Waals surface area contributed by atoms with E-state index in [-0.39, 0.29) is 27.9 Å². The molecule has 2 aliphatic carbocycles. The molecule has 0 spiro atoms. The molecular formula is C26H23ClFNO4S2. The third-order valence-electron chi connectivity index (χ3n) is 6.67. The summed E-state index contributed by atoms with van der Waals surface area (Å²) in [5.41, 5.74) is 2.93. The number of sulfonamides is 1. The summed E-state index contributed by atoms with van der Waals surface area (Å²) >= 11 is 7.00. The number of nitrogens with one attached hydrogen (secondary N) is 1. The highest BCUT2D eigenvalue weighted by molar-refractivity contribution is 7.91. The highest BCUT2D eigenvalue weighted by Crippen LogP contribution is 2.42. The number of benzene rings is 2. The second kappa shape index (κ2) is 9.85. The van der Waals surface area contributed by atoms with Crippen LogP contribution in [-0.2, 0) is 27.7 Å². The molecule has 1 fully saturated rings. The minimum Gasteiger partial charge on any atom is -0.423 e. The van der Waals surface area contributed by atoms with E-state index in [1.165, 1.54) is 24.3 Å². The summed E-state index contributed by atoms with van der Waals surface area (Å²) in [4.78, 5) is 12.3. The van der Waals surface area contributed by atoms with Crippen LogP contribution in [0.3, 0.4) is 0 Å². The van der Waals surface area contributed by atoms with Crippen molar-refractivity contribution in [3.05, 3.63) is 87.5 Å². The van der Waals surface area contributed by atoms with E-state index in [9.17, 15) is 17.6 Å². The van der Waals surface area contributed by atoms with Gasteiger partial charge in [0.1, 0.15) is 15.8 Å². The first-order chi connectivity index (χ1) is 16.8. The number of thiophene rings is 1. The van der Waals surface area contributed by atoms with Crippen LogP contribution in [0.5, 0.6) is 5.75 Å². The maximum absolute atomic E-state index is 13.0. The first kappa shape index (κ1) is 24.2. The quantitative estimate of drug-likeness (QED) is 0.254. The van der Waals surface area contributed by atoms with Gasteiger partial charge in [0.25, 0.3) is 0 Å². The molecule has 9 heteroatoms. The normalized spacial score (nSPS) is 21.6. The third kappa shape index (κ3) is 5.51. The third-order valence-corrected chi connectivity index (χ3v) is 9.85. The van der Waals surface area contributed by atoms with E-state index in [2.05, 4.69) is 4.72 Å². The van der Waals surface area contributed by atoms with Crippen molar-refractivity contribution in [3.8, 4) is 5.75 Å². The van der Waals surface area contributed by atoms with Crippen molar-refractivity contribution < 1.29 is 22.3 Å². The molecule has 0 amide bonds. The molecule has 1 heterocycles. The van der Waals surface area contributed by atoms with Crippen LogP contribution in [0.4, 0.5) is 4.39 Å². The largest absolute Gasteiger partial charge is 0.423 e. The smallest absolute Gasteiger partial charge is 0.336 e. The number of carbonyl (C=O) groups is 1. The van der Waals surface area contributed by atoms with Crippen molar-refractivity contribution in [2.75, 3.05) is 0 Å². The molecule has 1 saturated carbocycles. The van der Waals surface area contributed by atoms with Crippen molar-refractivity contribution in [3.63, 3.8) is 0 Å². The molecule has 1 aromatic heterocycles. The van der Waals surface area contributed by atoms with Gasteiger partial charge in [-0.05, 0) is 96.7 Å². The Morgan fingerprint density at radius 2 is 1.74 bits per heavy atom. The van der Waals surface area contributed by atoms with Crippen LogP contribution in [0, 0.1) is 17.7 Å². The molecule has 0 saturated heterocycles. The number of esters is 1. The topological polar surface area (TPSA) is 72.5 Å². The molecule has 3 aromatic rings. The van der Waals surface area contributed by atoms with E-state index >= 15 is 0 Å². The van der Waals surface area contributed by atoms with Crippen LogP contribution < -0.4 is 9.46 Å². The fraction of sp³-hybridized carbons (Fsp3) is 0.269. The second-order valence-corrected chi connectivity index (χ2v) is 12.6. The monoisotopic (exact) mass is 531 g/mol. The zero-order valence-corrected chi connectivity index (χ0v) is 21.0. The Bertz CT molecular complexity index is 1380. The summed E-state index contributed by atoms with van der Waals surface area (Å²) < 4.78 is 48.0. The molecule has 1 unspecified atom stereocenters. The Morgan fingerprint density at radius 1 is 1.03 bits per heavy atom. The predicted octanol–water partition coefficient (Wildman–Crippen LogP) is 5.63. The molecule has 0 radical (unpaired) electrons. The average Bonchev–Trinajstić information content (AvgIpc) is 3.37. The van der Waals surface area contributed by atoms with Crippen LogP contribution in [0.2, 0.25) is 4.34 Å². The summed E-state index contributed by atoms with van der Waals surface area (Å²) in [5, 5.41) is 0. The van der Waals surface area contributed by atoms with Gasteiger partial charge in [0, 0.05) is 12.1 Å². The lowest BCUT2D eigenvalue weighted by atomic mass is 9.93. The molecule has 2 aromatic carbocycles. The summed E-state index contributed by atoms with van der Waals surface area (Å²) in [6.45, 7) is 0. The lowest BCUT2D eigenvalue weighted by Crippen LogP contribution is -2.41. The van der Waals surface area contributed by atoms with Crippen molar-refractivity contribution in [2.24, 2.45) is 11.8 Å². The van der Waals surface area contributed by atoms with Gasteiger partial charge in [0.15, 0.2) is 0 Å². The molecule has 182 valence electrons. The molecule has 1 N–H and O–H groups in total. The Hall–Kier alpha value is -2.52. The fourth-order valence-electron chi connectivity index (χ4n) is 5.01. The maximum Gasteiger partial charge on any atom is 0.336 e. The standard InChI is InChI=1S/C26H23ClFNO4S2/c27-23-10-12-25(34-23)35(31,32)29-26-18-4-5-19(26)14-20-15-22(9-6-17(20)13-18)33-24(30)11-3-16-1-7-21(28)8-2-16/h1-3,6-12,15,18-19,26,29H,4-5,13-14H2/b11-3-/t18-,19?,26+/m0/s1. The average molecular weight is 532 g/mol. The molecule has 3 atom stereocenters. The zero-order valence-electron chi connectivity index (χ0n) is 18.6. The number of hydrogen-bond donors (Lipinski definition) is 1. The lowest BCUT2D eigenvalue weighted by Gasteiger charge is -2.23. The van der Waals surface area contributed by atoms with Gasteiger partial charge in [-0.25, -0.2) is 22.3 Å². The van der Waals surface area contributed by atoms with E-state index in [0.29, 0.717) is 22.1 Å². The van der Waals surface area contributed by atoms with Crippen molar-refractivity contribution in [1.82, 2.24) is 4.72 Å². The highest BCUT2D eigenvalue weighted by Gasteiger charge is 2.41. The van der Waals surface area contributed by atoms with Gasteiger partial charge in [-0.3, -0.25) is 0 Å². The van der Waals surface area contributed by atoms with Gasteiger partial charge in [-0.15, -0.1) is 11.3 Å². The van der Waals surface area contributed by atoms with Gasteiger partial charge in [-0.2, -0.15) is 0 Å². The zero-order chi connectivity index (χ0) is 24.6. The summed E-state index contributed by atoms with van der Waals surface area (Å²) in [6, 6.07) is 14.4. The highest BCUT2D eigenvalue weighted by atomic mass is 35.5. The molecule has 2 bridgehead atoms. The van der Waals surface area contributed by atoms with Gasteiger partial charge in [-0.1, -0.05) is 29.8 Å². The number of fused-ring (bicyclic) bond motifs is 3. The minimum absolute atomic E-state index is 0.155. The van der Waals surface area contributed by atoms with Gasteiger partial charge >= 0.3 is 5.97 Å². The van der Waals surface area contributed by atoms with E-state index < -0.39 is 16.0 Å². The van der Waals surface area contributed by atoms with E-state index in [0.717, 1.165) is 41.7 Å². The second-order valence-electron chi connectivity index (χ2n) is 8.95. The first-order valence-electron chi connectivity index (χ1n) is 11.3. The molecule has 5 nitrogen and oxygen atoms in total. The van der Waals surface area contributed by atoms with Crippen LogP contribution in [-0.4, -0.2) is 20.4 Å². The Kier molecular flexibility index (Phi) is 6.81. The van der Waals surface area contributed by atoms with Crippen LogP contribution in [0.15, 0.2) is 64.9 Å². The lowest BCUT2D eigenvalue weighted by molar-refractivity contribution is -0.128. The van der Waals surface area contributed by atoms with Crippen LogP contribution in [0.1, 0.15) is 29.5 Å². The number of carbonyl (C=O) groups excluding carboxylic acids is 1. The molecule has 0 aliphatic heterocycles. The van der Waals surface area contributed by atoms with Crippen LogP contribution >= 0.6 is 22.9 Å². The first-order valence-corrected chi connectivity index (χ1v) is 14.0. The number of ether oxygens (including phenoxy) is 1. The van der Waals surface area contributed by atoms with Crippen molar-refractivity contribution >= 4 is 45.0 Å². The number of hydrogen-bond acceptors (Lipinski definition) is 5. The summed E-state index contributed by atoms with van der Waals surface area (Å²) in [5.74, 6) is -0.0473. The number of rotatable bonds is 6. The Morgan fingerprint density at radius 3 is 2.43 bits per heavy atom. The SMILES string of the molecule is O=C(/C=C\c1ccc(F)cc1)Oc1ccc2c(c1)CC1CC[C@@H](C2)[C@H]1NS(=O)(=O)c1ccc(Cl)s1. The van der Waals surface area contributed by atoms with E-state index in [4.69, 9.17) is 16.3 Å². The van der Waals surface area contributed by atoms with E-state index in [1.807, 2.05) is 12.1 Å². The van der Waals surface area contributed by atoms with Gasteiger partial charge in [0.2, 0.25) is 10.0 Å².